The van der Waals surface area contributed by atoms with Crippen molar-refractivity contribution < 1.29 is 4.42 Å². The molecule has 0 radical (unpaired) electrons. The molecule has 1 aromatic heterocycles. The molecule has 3 rings (SSSR count). The van der Waals surface area contributed by atoms with Gasteiger partial charge in [0.05, 0.1) is 6.54 Å². The van der Waals surface area contributed by atoms with Crippen LogP contribution in [0, 0.1) is 4.91 Å². The van der Waals surface area contributed by atoms with Gasteiger partial charge in [0.15, 0.2) is 11.7 Å². The van der Waals surface area contributed by atoms with Crippen molar-refractivity contribution in [3.05, 3.63) is 71.5 Å². The second-order valence-corrected chi connectivity index (χ2v) is 4.97. The van der Waals surface area contributed by atoms with Crippen molar-refractivity contribution in [2.24, 2.45) is 5.18 Å². The standard InChI is InChI=1S/C18H16N2O2/c21-19-13-7-12-16-20-17(14-8-3-1-4-9-14)18(22-16)15-10-5-2-6-11-15/h1-6,8-11H,7,12-13H2. The topological polar surface area (TPSA) is 55.5 Å². The number of aryl methyl sites for hydroxylation is 1. The van der Waals surface area contributed by atoms with Crippen molar-refractivity contribution in [2.45, 2.75) is 12.8 Å². The van der Waals surface area contributed by atoms with Gasteiger partial charge >= 0.3 is 0 Å². The number of hydrogen-bond donors (Lipinski definition) is 0. The number of aromatic nitrogens is 1. The number of nitrogens with zero attached hydrogens (tertiary/aromatic N) is 2. The van der Waals surface area contributed by atoms with Crippen LogP contribution in [0.15, 0.2) is 70.3 Å². The van der Waals surface area contributed by atoms with E-state index in [1.165, 1.54) is 0 Å². The van der Waals surface area contributed by atoms with Gasteiger partial charge in [0.1, 0.15) is 5.69 Å². The summed E-state index contributed by atoms with van der Waals surface area (Å²) in [5.74, 6) is 1.40. The molecule has 1 heterocycles. The highest BCUT2D eigenvalue weighted by Gasteiger charge is 2.16. The zero-order valence-electron chi connectivity index (χ0n) is 12.1. The quantitative estimate of drug-likeness (QED) is 0.488. The maximum Gasteiger partial charge on any atom is 0.195 e. The zero-order chi connectivity index (χ0) is 15.2. The lowest BCUT2D eigenvalue weighted by molar-refractivity contribution is 0.499. The Hall–Kier alpha value is -2.75. The summed E-state index contributed by atoms with van der Waals surface area (Å²) < 4.78 is 5.95. The van der Waals surface area contributed by atoms with Crippen LogP contribution in [-0.2, 0) is 6.42 Å². The molecule has 0 fully saturated rings. The highest BCUT2D eigenvalue weighted by atomic mass is 16.4. The molecule has 0 atom stereocenters. The van der Waals surface area contributed by atoms with Crippen LogP contribution in [0.1, 0.15) is 12.3 Å². The van der Waals surface area contributed by atoms with Gasteiger partial charge in [-0.25, -0.2) is 4.98 Å². The Labute approximate surface area is 128 Å². The number of oxazole rings is 1. The molecule has 22 heavy (non-hydrogen) atoms. The molecular formula is C18H16N2O2. The van der Waals surface area contributed by atoms with Crippen LogP contribution in [0.3, 0.4) is 0 Å². The van der Waals surface area contributed by atoms with Gasteiger partial charge in [0.25, 0.3) is 0 Å². The minimum Gasteiger partial charge on any atom is -0.440 e. The lowest BCUT2D eigenvalue weighted by Gasteiger charge is -2.00. The monoisotopic (exact) mass is 292 g/mol. The third kappa shape index (κ3) is 3.11. The molecule has 0 saturated carbocycles. The molecule has 2 aromatic carbocycles. The number of hydrogen-bond acceptors (Lipinski definition) is 4. The normalized spacial score (nSPS) is 10.5. The second-order valence-electron chi connectivity index (χ2n) is 4.97. The first-order valence-corrected chi connectivity index (χ1v) is 7.28. The maximum absolute atomic E-state index is 10.2. The third-order valence-electron chi connectivity index (χ3n) is 3.39. The second kappa shape index (κ2) is 6.80. The Morgan fingerprint density at radius 2 is 1.55 bits per heavy atom. The van der Waals surface area contributed by atoms with E-state index in [4.69, 9.17) is 4.42 Å². The van der Waals surface area contributed by atoms with Crippen molar-refractivity contribution in [1.29, 1.82) is 0 Å². The van der Waals surface area contributed by atoms with Crippen molar-refractivity contribution in [3.63, 3.8) is 0 Å². The zero-order valence-corrected chi connectivity index (χ0v) is 12.1. The molecule has 4 nitrogen and oxygen atoms in total. The first kappa shape index (κ1) is 14.2. The smallest absolute Gasteiger partial charge is 0.195 e. The van der Waals surface area contributed by atoms with Crippen LogP contribution in [0.4, 0.5) is 0 Å². The predicted molar refractivity (Wildman–Crippen MR) is 86.4 cm³/mol. The van der Waals surface area contributed by atoms with E-state index >= 15 is 0 Å². The highest BCUT2D eigenvalue weighted by Crippen LogP contribution is 2.32. The van der Waals surface area contributed by atoms with Gasteiger partial charge in [-0.1, -0.05) is 65.8 Å². The van der Waals surface area contributed by atoms with Gasteiger partial charge in [-0.15, -0.1) is 0 Å². The lowest BCUT2D eigenvalue weighted by Crippen LogP contribution is -1.88. The van der Waals surface area contributed by atoms with Crippen LogP contribution >= 0.6 is 0 Å². The Morgan fingerprint density at radius 3 is 2.18 bits per heavy atom. The maximum atomic E-state index is 10.2. The van der Waals surface area contributed by atoms with Crippen molar-refractivity contribution in [1.82, 2.24) is 4.98 Å². The first-order chi connectivity index (χ1) is 10.9. The van der Waals surface area contributed by atoms with Crippen molar-refractivity contribution in [3.8, 4) is 22.6 Å². The van der Waals surface area contributed by atoms with Crippen LogP contribution in [0.2, 0.25) is 0 Å². The summed E-state index contributed by atoms with van der Waals surface area (Å²) in [5.41, 5.74) is 2.85. The van der Waals surface area contributed by atoms with E-state index in [1.54, 1.807) is 0 Å². The average Bonchev–Trinajstić information content (AvgIpc) is 3.01. The van der Waals surface area contributed by atoms with E-state index < -0.39 is 0 Å². The molecule has 0 aliphatic carbocycles. The van der Waals surface area contributed by atoms with Crippen LogP contribution in [0.5, 0.6) is 0 Å². The fraction of sp³-hybridized carbons (Fsp3) is 0.167. The number of rotatable bonds is 6. The molecule has 0 amide bonds. The van der Waals surface area contributed by atoms with E-state index in [9.17, 15) is 4.91 Å². The van der Waals surface area contributed by atoms with Gasteiger partial charge in [-0.05, 0) is 6.42 Å². The van der Waals surface area contributed by atoms with Crippen molar-refractivity contribution >= 4 is 0 Å². The van der Waals surface area contributed by atoms with Crippen LogP contribution < -0.4 is 0 Å². The molecule has 0 unspecified atom stereocenters. The van der Waals surface area contributed by atoms with E-state index in [0.29, 0.717) is 18.7 Å². The molecule has 0 saturated heterocycles. The minimum absolute atomic E-state index is 0.281. The van der Waals surface area contributed by atoms with E-state index in [-0.39, 0.29) is 6.54 Å². The summed E-state index contributed by atoms with van der Waals surface area (Å²) >= 11 is 0. The summed E-state index contributed by atoms with van der Waals surface area (Å²) in [6, 6.07) is 19.9. The molecule has 3 aromatic rings. The fourth-order valence-electron chi connectivity index (χ4n) is 2.34. The number of nitroso groups, excluding NO2 is 1. The summed E-state index contributed by atoms with van der Waals surface area (Å²) in [6.45, 7) is 0.281. The third-order valence-corrected chi connectivity index (χ3v) is 3.39. The van der Waals surface area contributed by atoms with Gasteiger partial charge in [0, 0.05) is 17.5 Å². The van der Waals surface area contributed by atoms with Gasteiger partial charge < -0.3 is 4.42 Å². The molecule has 0 aliphatic heterocycles. The van der Waals surface area contributed by atoms with Crippen LogP contribution in [0.25, 0.3) is 22.6 Å². The minimum atomic E-state index is 0.281. The van der Waals surface area contributed by atoms with E-state index in [2.05, 4.69) is 10.2 Å². The molecule has 4 heteroatoms. The SMILES string of the molecule is O=NCCCc1nc(-c2ccccc2)c(-c2ccccc2)o1. The van der Waals surface area contributed by atoms with Gasteiger partial charge in [-0.3, -0.25) is 0 Å². The Morgan fingerprint density at radius 1 is 0.909 bits per heavy atom. The fourth-order valence-corrected chi connectivity index (χ4v) is 2.34. The van der Waals surface area contributed by atoms with Gasteiger partial charge in [-0.2, -0.15) is 4.91 Å². The Bertz CT molecular complexity index is 679. The summed E-state index contributed by atoms with van der Waals surface area (Å²) in [7, 11) is 0. The average molecular weight is 292 g/mol. The number of benzene rings is 2. The Balaban J connectivity index is 2.01. The molecule has 0 spiro atoms. The largest absolute Gasteiger partial charge is 0.440 e. The molecule has 110 valence electrons. The van der Waals surface area contributed by atoms with Gasteiger partial charge in [0.2, 0.25) is 0 Å². The first-order valence-electron chi connectivity index (χ1n) is 7.28. The molecule has 0 aliphatic rings. The molecular weight excluding hydrogens is 276 g/mol. The molecule has 0 N–H and O–H groups in total. The summed E-state index contributed by atoms with van der Waals surface area (Å²) in [5, 5.41) is 2.88. The van der Waals surface area contributed by atoms with E-state index in [0.717, 1.165) is 22.6 Å². The molecule has 0 bridgehead atoms. The summed E-state index contributed by atoms with van der Waals surface area (Å²) in [6.07, 6.45) is 1.25. The Kier molecular flexibility index (Phi) is 4.39. The van der Waals surface area contributed by atoms with Crippen molar-refractivity contribution in [2.75, 3.05) is 6.54 Å². The highest BCUT2D eigenvalue weighted by molar-refractivity contribution is 5.76. The lowest BCUT2D eigenvalue weighted by atomic mass is 10.1. The van der Waals surface area contributed by atoms with E-state index in [1.807, 2.05) is 60.7 Å². The predicted octanol–water partition coefficient (Wildman–Crippen LogP) is 4.71. The summed E-state index contributed by atoms with van der Waals surface area (Å²) in [4.78, 5) is 14.8. The van der Waals surface area contributed by atoms with Crippen LogP contribution in [-0.4, -0.2) is 11.5 Å².